The minimum absolute atomic E-state index is 0.100. The Kier molecular flexibility index (Phi) is 4.08. The van der Waals surface area contributed by atoms with E-state index in [0.29, 0.717) is 22.8 Å². The SMILES string of the molecule is CCc1cc(C(=O)c2cc(OC)cc(OC)c2)n(C)n1. The predicted molar refractivity (Wildman–Crippen MR) is 75.6 cm³/mol. The Morgan fingerprint density at radius 1 is 1.15 bits per heavy atom. The van der Waals surface area contributed by atoms with Gasteiger partial charge in [0.15, 0.2) is 0 Å². The number of benzene rings is 1. The third-order valence-electron chi connectivity index (χ3n) is 3.14. The van der Waals surface area contributed by atoms with Crippen molar-refractivity contribution in [2.24, 2.45) is 7.05 Å². The first-order chi connectivity index (χ1) is 9.58. The maximum absolute atomic E-state index is 12.6. The van der Waals surface area contributed by atoms with Crippen molar-refractivity contribution in [3.63, 3.8) is 0 Å². The molecule has 0 amide bonds. The number of rotatable bonds is 5. The van der Waals surface area contributed by atoms with Crippen molar-refractivity contribution in [3.05, 3.63) is 41.2 Å². The Balaban J connectivity index is 2.44. The normalized spacial score (nSPS) is 10.4. The van der Waals surface area contributed by atoms with Gasteiger partial charge in [-0.15, -0.1) is 0 Å². The monoisotopic (exact) mass is 274 g/mol. The zero-order chi connectivity index (χ0) is 14.7. The topological polar surface area (TPSA) is 53.4 Å². The summed E-state index contributed by atoms with van der Waals surface area (Å²) in [6.45, 7) is 2.01. The van der Waals surface area contributed by atoms with Crippen molar-refractivity contribution >= 4 is 5.78 Å². The van der Waals surface area contributed by atoms with E-state index < -0.39 is 0 Å². The van der Waals surface area contributed by atoms with Gasteiger partial charge in [0.2, 0.25) is 5.78 Å². The largest absolute Gasteiger partial charge is 0.497 e. The lowest BCUT2D eigenvalue weighted by Gasteiger charge is -2.07. The Hall–Kier alpha value is -2.30. The van der Waals surface area contributed by atoms with Gasteiger partial charge >= 0.3 is 0 Å². The lowest BCUT2D eigenvalue weighted by molar-refractivity contribution is 0.102. The summed E-state index contributed by atoms with van der Waals surface area (Å²) in [7, 11) is 4.88. The summed E-state index contributed by atoms with van der Waals surface area (Å²) in [5.41, 5.74) is 1.97. The molecule has 0 fully saturated rings. The van der Waals surface area contributed by atoms with Crippen LogP contribution in [0.15, 0.2) is 24.3 Å². The lowest BCUT2D eigenvalue weighted by Crippen LogP contribution is -2.08. The molecule has 106 valence electrons. The van der Waals surface area contributed by atoms with E-state index in [4.69, 9.17) is 9.47 Å². The second kappa shape index (κ2) is 5.77. The summed E-state index contributed by atoms with van der Waals surface area (Å²) in [4.78, 5) is 12.6. The van der Waals surface area contributed by atoms with Crippen LogP contribution < -0.4 is 9.47 Å². The summed E-state index contributed by atoms with van der Waals surface area (Å²) < 4.78 is 12.0. The molecule has 0 N–H and O–H groups in total. The number of methoxy groups -OCH3 is 2. The van der Waals surface area contributed by atoms with E-state index in [0.717, 1.165) is 12.1 Å². The highest BCUT2D eigenvalue weighted by Crippen LogP contribution is 2.24. The number of carbonyl (C=O) groups is 1. The number of nitrogens with zero attached hydrogens (tertiary/aromatic N) is 2. The highest BCUT2D eigenvalue weighted by molar-refractivity contribution is 6.08. The fraction of sp³-hybridized carbons (Fsp3) is 0.333. The number of aryl methyl sites for hydroxylation is 2. The molecule has 1 aromatic heterocycles. The molecule has 1 aromatic carbocycles. The van der Waals surface area contributed by atoms with E-state index >= 15 is 0 Å². The summed E-state index contributed by atoms with van der Waals surface area (Å²) in [5, 5.41) is 4.29. The van der Waals surface area contributed by atoms with Crippen LogP contribution in [0, 0.1) is 0 Å². The average molecular weight is 274 g/mol. The van der Waals surface area contributed by atoms with Gasteiger partial charge in [0.05, 0.1) is 19.9 Å². The number of aromatic nitrogens is 2. The third kappa shape index (κ3) is 2.66. The van der Waals surface area contributed by atoms with Crippen LogP contribution in [0.4, 0.5) is 0 Å². The van der Waals surface area contributed by atoms with Gasteiger partial charge in [-0.25, -0.2) is 0 Å². The fourth-order valence-electron chi connectivity index (χ4n) is 2.00. The molecule has 0 atom stereocenters. The highest BCUT2D eigenvalue weighted by Gasteiger charge is 2.16. The average Bonchev–Trinajstić information content (AvgIpc) is 2.86. The molecule has 1 heterocycles. The van der Waals surface area contributed by atoms with Crippen molar-refractivity contribution < 1.29 is 14.3 Å². The first-order valence-corrected chi connectivity index (χ1v) is 6.39. The van der Waals surface area contributed by atoms with E-state index in [9.17, 15) is 4.79 Å². The summed E-state index contributed by atoms with van der Waals surface area (Å²) in [6.07, 6.45) is 0.794. The fourth-order valence-corrected chi connectivity index (χ4v) is 2.00. The van der Waals surface area contributed by atoms with Gasteiger partial charge in [0.1, 0.15) is 17.2 Å². The Morgan fingerprint density at radius 2 is 1.75 bits per heavy atom. The molecule has 0 radical (unpaired) electrons. The Labute approximate surface area is 118 Å². The maximum Gasteiger partial charge on any atom is 0.211 e. The zero-order valence-electron chi connectivity index (χ0n) is 12.1. The molecule has 0 aliphatic rings. The number of carbonyl (C=O) groups excluding carboxylic acids is 1. The molecule has 5 heteroatoms. The Bertz CT molecular complexity index is 610. The van der Waals surface area contributed by atoms with E-state index in [2.05, 4.69) is 5.10 Å². The maximum atomic E-state index is 12.6. The molecule has 0 saturated carbocycles. The molecule has 0 aliphatic heterocycles. The van der Waals surface area contributed by atoms with Crippen LogP contribution in [0.2, 0.25) is 0 Å². The molecule has 0 spiro atoms. The van der Waals surface area contributed by atoms with Gasteiger partial charge in [0.25, 0.3) is 0 Å². The van der Waals surface area contributed by atoms with E-state index in [-0.39, 0.29) is 5.78 Å². The summed E-state index contributed by atoms with van der Waals surface area (Å²) in [6, 6.07) is 6.94. The van der Waals surface area contributed by atoms with Crippen LogP contribution in [0.1, 0.15) is 28.7 Å². The van der Waals surface area contributed by atoms with Gasteiger partial charge in [-0.2, -0.15) is 5.10 Å². The quantitative estimate of drug-likeness (QED) is 0.785. The number of hydrogen-bond donors (Lipinski definition) is 0. The molecule has 0 unspecified atom stereocenters. The Morgan fingerprint density at radius 3 is 2.20 bits per heavy atom. The standard InChI is InChI=1S/C15H18N2O3/c1-5-11-8-14(17(2)16-11)15(18)10-6-12(19-3)9-13(7-10)20-4/h6-9H,5H2,1-4H3. The van der Waals surface area contributed by atoms with Crippen molar-refractivity contribution in [1.82, 2.24) is 9.78 Å². The number of ether oxygens (including phenoxy) is 2. The van der Waals surface area contributed by atoms with Gasteiger partial charge < -0.3 is 9.47 Å². The van der Waals surface area contributed by atoms with Crippen molar-refractivity contribution in [2.75, 3.05) is 14.2 Å². The van der Waals surface area contributed by atoms with Gasteiger partial charge in [-0.05, 0) is 24.6 Å². The van der Waals surface area contributed by atoms with E-state index in [1.165, 1.54) is 0 Å². The van der Waals surface area contributed by atoms with Gasteiger partial charge in [0, 0.05) is 18.7 Å². The second-order valence-electron chi connectivity index (χ2n) is 4.43. The highest BCUT2D eigenvalue weighted by atomic mass is 16.5. The zero-order valence-corrected chi connectivity index (χ0v) is 12.1. The minimum Gasteiger partial charge on any atom is -0.497 e. The van der Waals surface area contributed by atoms with Crippen LogP contribution in [0.3, 0.4) is 0 Å². The molecule has 20 heavy (non-hydrogen) atoms. The van der Waals surface area contributed by atoms with Crippen LogP contribution >= 0.6 is 0 Å². The summed E-state index contributed by atoms with van der Waals surface area (Å²) in [5.74, 6) is 1.08. The molecule has 2 aromatic rings. The second-order valence-corrected chi connectivity index (χ2v) is 4.43. The molecular formula is C15H18N2O3. The molecule has 0 saturated heterocycles. The molecule has 2 rings (SSSR count). The van der Waals surface area contributed by atoms with Crippen LogP contribution in [-0.2, 0) is 13.5 Å². The van der Waals surface area contributed by atoms with Gasteiger partial charge in [-0.3, -0.25) is 9.48 Å². The molecule has 5 nitrogen and oxygen atoms in total. The van der Waals surface area contributed by atoms with E-state index in [1.54, 1.807) is 44.1 Å². The first kappa shape index (κ1) is 14.1. The van der Waals surface area contributed by atoms with Crippen molar-refractivity contribution in [2.45, 2.75) is 13.3 Å². The molecule has 0 aliphatic carbocycles. The molecule has 0 bridgehead atoms. The third-order valence-corrected chi connectivity index (χ3v) is 3.14. The number of hydrogen-bond acceptors (Lipinski definition) is 4. The lowest BCUT2D eigenvalue weighted by atomic mass is 10.1. The van der Waals surface area contributed by atoms with Crippen LogP contribution in [0.5, 0.6) is 11.5 Å². The van der Waals surface area contributed by atoms with Crippen LogP contribution in [0.25, 0.3) is 0 Å². The number of ketones is 1. The smallest absolute Gasteiger partial charge is 0.211 e. The first-order valence-electron chi connectivity index (χ1n) is 6.39. The predicted octanol–water partition coefficient (Wildman–Crippen LogP) is 2.23. The minimum atomic E-state index is -0.100. The van der Waals surface area contributed by atoms with E-state index in [1.807, 2.05) is 13.0 Å². The van der Waals surface area contributed by atoms with Gasteiger partial charge in [-0.1, -0.05) is 6.92 Å². The van der Waals surface area contributed by atoms with Crippen molar-refractivity contribution in [3.8, 4) is 11.5 Å². The summed E-state index contributed by atoms with van der Waals surface area (Å²) >= 11 is 0. The van der Waals surface area contributed by atoms with Crippen LogP contribution in [-0.4, -0.2) is 29.8 Å². The molecular weight excluding hydrogens is 256 g/mol. The van der Waals surface area contributed by atoms with Crippen molar-refractivity contribution in [1.29, 1.82) is 0 Å².